The van der Waals surface area contributed by atoms with Gasteiger partial charge in [0.2, 0.25) is 5.89 Å². The second-order valence-corrected chi connectivity index (χ2v) is 7.42. The molecule has 22 heavy (non-hydrogen) atoms. The number of anilines is 1. The fourth-order valence-corrected chi connectivity index (χ4v) is 2.94. The first-order valence-electron chi connectivity index (χ1n) is 7.08. The van der Waals surface area contributed by atoms with Crippen LogP contribution in [0.15, 0.2) is 22.7 Å². The van der Waals surface area contributed by atoms with Gasteiger partial charge in [-0.15, -0.1) is 0 Å². The number of hydrogen-bond donors (Lipinski definition) is 1. The van der Waals surface area contributed by atoms with Crippen molar-refractivity contribution in [2.45, 2.75) is 32.6 Å². The third-order valence-electron chi connectivity index (χ3n) is 2.95. The second kappa shape index (κ2) is 7.74. The number of aromatic nitrogens is 2. The van der Waals surface area contributed by atoms with Crippen LogP contribution in [0.25, 0.3) is 0 Å². The van der Waals surface area contributed by atoms with Gasteiger partial charge in [-0.2, -0.15) is 4.98 Å². The van der Waals surface area contributed by atoms with Crippen molar-refractivity contribution in [2.24, 2.45) is 5.92 Å². The van der Waals surface area contributed by atoms with Gasteiger partial charge in [-0.1, -0.05) is 30.6 Å². The van der Waals surface area contributed by atoms with Crippen LogP contribution in [0.4, 0.5) is 5.69 Å². The first-order chi connectivity index (χ1) is 10.4. The van der Waals surface area contributed by atoms with Crippen LogP contribution in [0, 0.1) is 5.92 Å². The van der Waals surface area contributed by atoms with Gasteiger partial charge in [0, 0.05) is 39.9 Å². The van der Waals surface area contributed by atoms with E-state index < -0.39 is 10.8 Å². The lowest BCUT2D eigenvalue weighted by atomic mass is 10.1. The van der Waals surface area contributed by atoms with E-state index >= 15 is 0 Å². The van der Waals surface area contributed by atoms with Crippen molar-refractivity contribution in [1.29, 1.82) is 0 Å². The standard InChI is InChI=1S/C15H20ClN3O2S/c1-10(2)6-14-18-15(21-19-14)8-17-12-4-5-13(16)11(7-12)9-22(3)20/h4-5,7,10,17H,6,8-9H2,1-3H3/t22-/m0/s1. The van der Waals surface area contributed by atoms with Crippen LogP contribution >= 0.6 is 11.6 Å². The van der Waals surface area contributed by atoms with Gasteiger partial charge in [-0.05, 0) is 29.7 Å². The molecule has 7 heteroatoms. The summed E-state index contributed by atoms with van der Waals surface area (Å²) >= 11 is 6.11. The maximum atomic E-state index is 11.3. The summed E-state index contributed by atoms with van der Waals surface area (Å²) in [4.78, 5) is 4.34. The summed E-state index contributed by atoms with van der Waals surface area (Å²) in [6, 6.07) is 5.56. The number of nitrogens with one attached hydrogen (secondary N) is 1. The smallest absolute Gasteiger partial charge is 0.245 e. The largest absolute Gasteiger partial charge is 0.376 e. The number of halogens is 1. The molecular weight excluding hydrogens is 322 g/mol. The number of nitrogens with zero attached hydrogens (tertiary/aromatic N) is 2. The van der Waals surface area contributed by atoms with Gasteiger partial charge in [0.05, 0.1) is 6.54 Å². The van der Waals surface area contributed by atoms with E-state index in [-0.39, 0.29) is 0 Å². The monoisotopic (exact) mass is 341 g/mol. The third-order valence-corrected chi connectivity index (χ3v) is 4.04. The molecule has 0 saturated heterocycles. The lowest BCUT2D eigenvalue weighted by molar-refractivity contribution is 0.375. The average Bonchev–Trinajstić information content (AvgIpc) is 2.86. The van der Waals surface area contributed by atoms with Crippen molar-refractivity contribution in [3.63, 3.8) is 0 Å². The molecule has 0 spiro atoms. The summed E-state index contributed by atoms with van der Waals surface area (Å²) in [5.41, 5.74) is 1.74. The minimum Gasteiger partial charge on any atom is -0.376 e. The maximum Gasteiger partial charge on any atom is 0.245 e. The highest BCUT2D eigenvalue weighted by atomic mass is 35.5. The van der Waals surface area contributed by atoms with Crippen molar-refractivity contribution in [1.82, 2.24) is 10.1 Å². The Morgan fingerprint density at radius 3 is 2.86 bits per heavy atom. The van der Waals surface area contributed by atoms with E-state index in [1.165, 1.54) is 0 Å². The predicted octanol–water partition coefficient (Wildman–Crippen LogP) is 3.41. The van der Waals surface area contributed by atoms with E-state index in [2.05, 4.69) is 29.3 Å². The van der Waals surface area contributed by atoms with E-state index in [0.29, 0.717) is 29.1 Å². The molecule has 0 fully saturated rings. The highest BCUT2D eigenvalue weighted by Gasteiger charge is 2.09. The van der Waals surface area contributed by atoms with Crippen LogP contribution in [-0.2, 0) is 29.5 Å². The minimum absolute atomic E-state index is 0.438. The summed E-state index contributed by atoms with van der Waals surface area (Å²) in [7, 11) is -0.931. The van der Waals surface area contributed by atoms with Crippen LogP contribution in [0.3, 0.4) is 0 Å². The molecule has 0 radical (unpaired) electrons. The molecule has 0 aliphatic heterocycles. The Kier molecular flexibility index (Phi) is 5.97. The highest BCUT2D eigenvalue weighted by molar-refractivity contribution is 7.83. The van der Waals surface area contributed by atoms with Crippen LogP contribution in [0.2, 0.25) is 5.02 Å². The zero-order chi connectivity index (χ0) is 16.1. The normalized spacial score (nSPS) is 12.6. The first-order valence-corrected chi connectivity index (χ1v) is 9.18. The molecule has 5 nitrogen and oxygen atoms in total. The Bertz CT molecular complexity index is 658. The summed E-state index contributed by atoms with van der Waals surface area (Å²) in [6.07, 6.45) is 2.46. The third kappa shape index (κ3) is 5.10. The van der Waals surface area contributed by atoms with E-state index in [4.69, 9.17) is 16.1 Å². The molecule has 2 rings (SSSR count). The SMILES string of the molecule is CC(C)Cc1noc(CNc2ccc(Cl)c(C[S@](C)=O)c2)n1. The fraction of sp³-hybridized carbons (Fsp3) is 0.467. The van der Waals surface area contributed by atoms with E-state index in [0.717, 1.165) is 23.5 Å². The average molecular weight is 342 g/mol. The molecule has 0 bridgehead atoms. The van der Waals surface area contributed by atoms with Gasteiger partial charge in [-0.25, -0.2) is 0 Å². The number of hydrogen-bond acceptors (Lipinski definition) is 5. The van der Waals surface area contributed by atoms with Crippen molar-refractivity contribution in [3.05, 3.63) is 40.5 Å². The lowest BCUT2D eigenvalue weighted by Gasteiger charge is -2.07. The number of benzene rings is 1. The molecule has 1 aromatic carbocycles. The molecule has 0 amide bonds. The van der Waals surface area contributed by atoms with Crippen molar-refractivity contribution in [3.8, 4) is 0 Å². The first kappa shape index (κ1) is 17.0. The molecular formula is C15H20ClN3O2S. The molecule has 0 saturated carbocycles. The van der Waals surface area contributed by atoms with E-state index in [9.17, 15) is 4.21 Å². The number of rotatable bonds is 7. The van der Waals surface area contributed by atoms with Crippen molar-refractivity contribution >= 4 is 28.1 Å². The second-order valence-electron chi connectivity index (χ2n) is 5.58. The van der Waals surface area contributed by atoms with Crippen LogP contribution in [0.1, 0.15) is 31.1 Å². The maximum absolute atomic E-state index is 11.3. The van der Waals surface area contributed by atoms with Gasteiger partial charge in [0.1, 0.15) is 0 Å². The lowest BCUT2D eigenvalue weighted by Crippen LogP contribution is -2.02. The Morgan fingerprint density at radius 1 is 1.41 bits per heavy atom. The summed E-state index contributed by atoms with van der Waals surface area (Å²) in [6.45, 7) is 4.67. The van der Waals surface area contributed by atoms with Crippen LogP contribution < -0.4 is 5.32 Å². The quantitative estimate of drug-likeness (QED) is 0.835. The van der Waals surface area contributed by atoms with Gasteiger partial charge in [-0.3, -0.25) is 4.21 Å². The van der Waals surface area contributed by atoms with Crippen LogP contribution in [-0.4, -0.2) is 20.6 Å². The zero-order valence-electron chi connectivity index (χ0n) is 12.9. The van der Waals surface area contributed by atoms with Crippen LogP contribution in [0.5, 0.6) is 0 Å². The summed E-state index contributed by atoms with van der Waals surface area (Å²) in [5.74, 6) is 2.20. The summed E-state index contributed by atoms with van der Waals surface area (Å²) < 4.78 is 16.6. The minimum atomic E-state index is -0.931. The molecule has 1 aromatic heterocycles. The van der Waals surface area contributed by atoms with E-state index in [1.807, 2.05) is 12.1 Å². The Balaban J connectivity index is 1.99. The zero-order valence-corrected chi connectivity index (χ0v) is 14.5. The molecule has 0 aliphatic carbocycles. The van der Waals surface area contributed by atoms with Gasteiger partial charge < -0.3 is 9.84 Å². The van der Waals surface area contributed by atoms with Crippen molar-refractivity contribution in [2.75, 3.05) is 11.6 Å². The fourth-order valence-electron chi connectivity index (χ4n) is 2.00. The Labute approximate surface area is 137 Å². The van der Waals surface area contributed by atoms with Crippen molar-refractivity contribution < 1.29 is 8.73 Å². The molecule has 1 heterocycles. The molecule has 1 atom stereocenters. The topological polar surface area (TPSA) is 68.0 Å². The highest BCUT2D eigenvalue weighted by Crippen LogP contribution is 2.22. The predicted molar refractivity (Wildman–Crippen MR) is 89.4 cm³/mol. The van der Waals surface area contributed by atoms with Gasteiger partial charge in [0.25, 0.3) is 0 Å². The molecule has 0 aliphatic rings. The molecule has 0 unspecified atom stereocenters. The van der Waals surface area contributed by atoms with Gasteiger partial charge in [0.15, 0.2) is 5.82 Å². The van der Waals surface area contributed by atoms with Gasteiger partial charge >= 0.3 is 0 Å². The molecule has 120 valence electrons. The summed E-state index contributed by atoms with van der Waals surface area (Å²) in [5, 5.41) is 7.79. The molecule has 2 aromatic rings. The Hall–Kier alpha value is -1.40. The molecule has 1 N–H and O–H groups in total. The van der Waals surface area contributed by atoms with E-state index in [1.54, 1.807) is 12.3 Å². The Morgan fingerprint density at radius 2 is 2.18 bits per heavy atom.